The fourth-order valence-corrected chi connectivity index (χ4v) is 3.26. The molecule has 0 radical (unpaired) electrons. The molecule has 0 aliphatic carbocycles. The maximum Gasteiger partial charge on any atom is 0.322 e. The highest BCUT2D eigenvalue weighted by atomic mass is 16.5. The van der Waals surface area contributed by atoms with Crippen LogP contribution in [0.25, 0.3) is 0 Å². The summed E-state index contributed by atoms with van der Waals surface area (Å²) >= 11 is 0. The molecule has 24 heavy (non-hydrogen) atoms. The van der Waals surface area contributed by atoms with E-state index in [1.54, 1.807) is 7.11 Å². The van der Waals surface area contributed by atoms with Crippen LogP contribution in [-0.4, -0.2) is 24.6 Å². The highest BCUT2D eigenvalue weighted by molar-refractivity contribution is 5.90. The molecule has 0 bridgehead atoms. The normalized spacial score (nSPS) is 17.0. The first kappa shape index (κ1) is 16.4. The molecule has 1 unspecified atom stereocenters. The highest BCUT2D eigenvalue weighted by Crippen LogP contribution is 2.33. The minimum atomic E-state index is -0.0259. The number of rotatable bonds is 3. The molecule has 1 saturated heterocycles. The van der Waals surface area contributed by atoms with Crippen LogP contribution in [0.15, 0.2) is 42.5 Å². The minimum absolute atomic E-state index is 0.0259. The van der Waals surface area contributed by atoms with E-state index < -0.39 is 0 Å². The minimum Gasteiger partial charge on any atom is -0.497 e. The van der Waals surface area contributed by atoms with Gasteiger partial charge < -0.3 is 15.0 Å². The van der Waals surface area contributed by atoms with Gasteiger partial charge in [0.2, 0.25) is 0 Å². The molecule has 1 aliphatic rings. The van der Waals surface area contributed by atoms with Crippen LogP contribution < -0.4 is 10.1 Å². The first-order valence-electron chi connectivity index (χ1n) is 8.38. The van der Waals surface area contributed by atoms with Gasteiger partial charge in [0.25, 0.3) is 0 Å². The summed E-state index contributed by atoms with van der Waals surface area (Å²) in [6, 6.07) is 14.1. The van der Waals surface area contributed by atoms with Gasteiger partial charge in [0.05, 0.1) is 13.2 Å². The number of benzene rings is 2. The number of nitrogens with one attached hydrogen (secondary N) is 1. The maximum atomic E-state index is 12.8. The van der Waals surface area contributed by atoms with Crippen molar-refractivity contribution >= 4 is 11.7 Å². The number of carbonyl (C=O) groups is 1. The fourth-order valence-electron chi connectivity index (χ4n) is 3.26. The second kappa shape index (κ2) is 6.95. The van der Waals surface area contributed by atoms with E-state index in [-0.39, 0.29) is 12.1 Å². The molecular weight excluding hydrogens is 300 g/mol. The van der Waals surface area contributed by atoms with Crippen molar-refractivity contribution < 1.29 is 9.53 Å². The summed E-state index contributed by atoms with van der Waals surface area (Å²) < 4.78 is 5.22. The molecule has 126 valence electrons. The molecule has 2 amide bonds. The molecule has 1 N–H and O–H groups in total. The summed E-state index contributed by atoms with van der Waals surface area (Å²) in [4.78, 5) is 14.7. The number of aryl methyl sites for hydroxylation is 1. The number of carbonyl (C=O) groups excluding carboxylic acids is 1. The number of hydrogen-bond donors (Lipinski definition) is 1. The molecule has 2 aromatic rings. The Morgan fingerprint density at radius 1 is 1.17 bits per heavy atom. The first-order valence-corrected chi connectivity index (χ1v) is 8.38. The average Bonchev–Trinajstić information content (AvgIpc) is 3.09. The largest absolute Gasteiger partial charge is 0.497 e. The number of ether oxygens (including phenoxy) is 1. The summed E-state index contributed by atoms with van der Waals surface area (Å²) in [5.74, 6) is 0.836. The average molecular weight is 324 g/mol. The molecule has 4 heteroatoms. The lowest BCUT2D eigenvalue weighted by Crippen LogP contribution is -2.34. The van der Waals surface area contributed by atoms with E-state index in [9.17, 15) is 4.79 Å². The molecule has 0 spiro atoms. The second-order valence-corrected chi connectivity index (χ2v) is 6.30. The standard InChI is InChI=1S/C20H24N2O2/c1-14-6-4-7-18(15(14)2)21-20(23)22-13-5-8-19(22)16-9-11-17(24-3)12-10-16/h4,6-7,9-12,19H,5,8,13H2,1-3H3,(H,21,23). The van der Waals surface area contributed by atoms with Gasteiger partial charge in [0, 0.05) is 12.2 Å². The molecule has 3 rings (SSSR count). The Hall–Kier alpha value is -2.49. The van der Waals surface area contributed by atoms with Gasteiger partial charge in [-0.3, -0.25) is 0 Å². The molecule has 0 saturated carbocycles. The quantitative estimate of drug-likeness (QED) is 0.890. The topological polar surface area (TPSA) is 41.6 Å². The Kier molecular flexibility index (Phi) is 4.74. The van der Waals surface area contributed by atoms with Gasteiger partial charge in [0.1, 0.15) is 5.75 Å². The lowest BCUT2D eigenvalue weighted by molar-refractivity contribution is 0.207. The van der Waals surface area contributed by atoms with Crippen LogP contribution >= 0.6 is 0 Å². The van der Waals surface area contributed by atoms with E-state index in [0.717, 1.165) is 42.0 Å². The third kappa shape index (κ3) is 3.23. The van der Waals surface area contributed by atoms with Crippen molar-refractivity contribution in [1.82, 2.24) is 4.90 Å². The van der Waals surface area contributed by atoms with Gasteiger partial charge >= 0.3 is 6.03 Å². The summed E-state index contributed by atoms with van der Waals surface area (Å²) in [6.07, 6.45) is 2.02. The SMILES string of the molecule is COc1ccc(C2CCCN2C(=O)Nc2cccc(C)c2C)cc1. The Morgan fingerprint density at radius 2 is 1.92 bits per heavy atom. The zero-order chi connectivity index (χ0) is 17.1. The second-order valence-electron chi connectivity index (χ2n) is 6.30. The van der Waals surface area contributed by atoms with Gasteiger partial charge in [-0.1, -0.05) is 24.3 Å². The Bertz CT molecular complexity index is 725. The van der Waals surface area contributed by atoms with Crippen LogP contribution in [0.5, 0.6) is 5.75 Å². The Morgan fingerprint density at radius 3 is 2.62 bits per heavy atom. The predicted molar refractivity (Wildman–Crippen MR) is 96.6 cm³/mol. The van der Waals surface area contributed by atoms with Gasteiger partial charge in [-0.05, 0) is 61.6 Å². The third-order valence-electron chi connectivity index (χ3n) is 4.86. The van der Waals surface area contributed by atoms with Crippen molar-refractivity contribution in [2.24, 2.45) is 0 Å². The lowest BCUT2D eigenvalue weighted by atomic mass is 10.0. The molecule has 0 aromatic heterocycles. The van der Waals surface area contributed by atoms with Gasteiger partial charge in [-0.15, -0.1) is 0 Å². The number of urea groups is 1. The smallest absolute Gasteiger partial charge is 0.322 e. The Balaban J connectivity index is 1.76. The molecule has 2 aromatic carbocycles. The molecule has 1 heterocycles. The summed E-state index contributed by atoms with van der Waals surface area (Å²) in [6.45, 7) is 4.88. The van der Waals surface area contributed by atoms with E-state index >= 15 is 0 Å². The van der Waals surface area contributed by atoms with Crippen molar-refractivity contribution in [1.29, 1.82) is 0 Å². The van der Waals surface area contributed by atoms with E-state index in [2.05, 4.69) is 18.3 Å². The molecule has 4 nitrogen and oxygen atoms in total. The molecular formula is C20H24N2O2. The van der Waals surface area contributed by atoms with Crippen LogP contribution in [-0.2, 0) is 0 Å². The zero-order valence-corrected chi connectivity index (χ0v) is 14.5. The first-order chi connectivity index (χ1) is 11.6. The number of hydrogen-bond acceptors (Lipinski definition) is 2. The maximum absolute atomic E-state index is 12.8. The Labute approximate surface area is 143 Å². The van der Waals surface area contributed by atoms with Gasteiger partial charge in [-0.25, -0.2) is 4.79 Å². The number of amides is 2. The lowest BCUT2D eigenvalue weighted by Gasteiger charge is -2.26. The third-order valence-corrected chi connectivity index (χ3v) is 4.86. The summed E-state index contributed by atoms with van der Waals surface area (Å²) in [7, 11) is 1.66. The zero-order valence-electron chi connectivity index (χ0n) is 14.5. The van der Waals surface area contributed by atoms with Crippen LogP contribution in [0, 0.1) is 13.8 Å². The van der Waals surface area contributed by atoms with E-state index in [0.29, 0.717) is 0 Å². The van der Waals surface area contributed by atoms with Crippen molar-refractivity contribution in [2.45, 2.75) is 32.7 Å². The van der Waals surface area contributed by atoms with Crippen molar-refractivity contribution in [3.8, 4) is 5.75 Å². The molecule has 1 atom stereocenters. The highest BCUT2D eigenvalue weighted by Gasteiger charge is 2.30. The van der Waals surface area contributed by atoms with E-state index in [1.807, 2.05) is 48.2 Å². The van der Waals surface area contributed by atoms with Crippen LogP contribution in [0.2, 0.25) is 0 Å². The fraction of sp³-hybridized carbons (Fsp3) is 0.350. The predicted octanol–water partition coefficient (Wildman–Crippen LogP) is 4.68. The number of methoxy groups -OCH3 is 1. The molecule has 1 aliphatic heterocycles. The van der Waals surface area contributed by atoms with Gasteiger partial charge in [0.15, 0.2) is 0 Å². The van der Waals surface area contributed by atoms with E-state index in [4.69, 9.17) is 4.74 Å². The number of nitrogens with zero attached hydrogens (tertiary/aromatic N) is 1. The number of anilines is 1. The van der Waals surface area contributed by atoms with Crippen LogP contribution in [0.4, 0.5) is 10.5 Å². The van der Waals surface area contributed by atoms with Gasteiger partial charge in [-0.2, -0.15) is 0 Å². The monoisotopic (exact) mass is 324 g/mol. The van der Waals surface area contributed by atoms with E-state index in [1.165, 1.54) is 5.56 Å². The van der Waals surface area contributed by atoms with Crippen LogP contribution in [0.3, 0.4) is 0 Å². The summed E-state index contributed by atoms with van der Waals surface area (Å²) in [5, 5.41) is 3.08. The molecule has 1 fully saturated rings. The van der Waals surface area contributed by atoms with Crippen LogP contribution in [0.1, 0.15) is 35.6 Å². The summed E-state index contributed by atoms with van der Waals surface area (Å²) in [5.41, 5.74) is 4.34. The van der Waals surface area contributed by atoms with Crippen molar-refractivity contribution in [2.75, 3.05) is 19.0 Å². The van der Waals surface area contributed by atoms with Crippen molar-refractivity contribution in [3.05, 3.63) is 59.2 Å². The van der Waals surface area contributed by atoms with Crippen molar-refractivity contribution in [3.63, 3.8) is 0 Å². The number of likely N-dealkylation sites (tertiary alicyclic amines) is 1.